The lowest BCUT2D eigenvalue weighted by Crippen LogP contribution is -1.88. The molecule has 0 radical (unpaired) electrons. The number of benzene rings is 1. The Balaban J connectivity index is 0.000000337. The molecule has 4 nitrogen and oxygen atoms in total. The third-order valence-corrected chi connectivity index (χ3v) is 1.93. The first kappa shape index (κ1) is 10.9. The maximum absolute atomic E-state index is 8.12. The highest BCUT2D eigenvalue weighted by Gasteiger charge is 1.97. The first-order valence-electron chi connectivity index (χ1n) is 4.29. The molecular weight excluding hydrogens is 192 g/mol. The van der Waals surface area contributed by atoms with Gasteiger partial charge < -0.3 is 5.73 Å². The smallest absolute Gasteiger partial charge is 0.373 e. The fourth-order valence-electron chi connectivity index (χ4n) is 1.28. The third kappa shape index (κ3) is 2.62. The van der Waals surface area contributed by atoms with Crippen LogP contribution in [0.4, 0.5) is 5.69 Å². The molecule has 1 heterocycles. The van der Waals surface area contributed by atoms with Gasteiger partial charge in [0.2, 0.25) is 0 Å². The number of aromatic nitrogens is 1. The monoisotopic (exact) mass is 202 g/mol. The number of nitrogen functional groups attached to an aromatic ring is 1. The summed E-state index contributed by atoms with van der Waals surface area (Å²) in [4.78, 5) is 20.5. The van der Waals surface area contributed by atoms with Gasteiger partial charge in [0, 0.05) is 17.3 Å². The molecule has 4 heteroatoms. The van der Waals surface area contributed by atoms with Gasteiger partial charge in [0.05, 0.1) is 5.52 Å². The first-order valence-corrected chi connectivity index (χ1v) is 4.29. The first-order chi connectivity index (χ1) is 7.19. The Bertz CT molecular complexity index is 503. The minimum absolute atomic E-state index is 0.250. The van der Waals surface area contributed by atoms with E-state index >= 15 is 0 Å². The summed E-state index contributed by atoms with van der Waals surface area (Å²) in [5, 5.41) is 1.04. The lowest BCUT2D eigenvalue weighted by Gasteiger charge is -2.00. The summed E-state index contributed by atoms with van der Waals surface area (Å²) in [7, 11) is 0. The number of hydrogen-bond donors (Lipinski definition) is 1. The largest absolute Gasteiger partial charge is 0.398 e. The van der Waals surface area contributed by atoms with E-state index in [4.69, 9.17) is 15.3 Å². The van der Waals surface area contributed by atoms with Gasteiger partial charge in [-0.25, -0.2) is 0 Å². The highest BCUT2D eigenvalue weighted by molar-refractivity contribution is 5.90. The molecule has 1 aromatic heterocycles. The molecule has 2 rings (SSSR count). The van der Waals surface area contributed by atoms with E-state index in [1.165, 1.54) is 5.56 Å². The summed E-state index contributed by atoms with van der Waals surface area (Å²) in [5.74, 6) is 0. The van der Waals surface area contributed by atoms with Crippen LogP contribution in [0.3, 0.4) is 0 Å². The maximum Gasteiger partial charge on any atom is 0.373 e. The molecule has 0 aliphatic heterocycles. The highest BCUT2D eigenvalue weighted by atomic mass is 16.2. The van der Waals surface area contributed by atoms with Gasteiger partial charge in [0.25, 0.3) is 0 Å². The third-order valence-electron chi connectivity index (χ3n) is 1.93. The van der Waals surface area contributed by atoms with E-state index < -0.39 is 0 Å². The Morgan fingerprint density at radius 1 is 1.27 bits per heavy atom. The van der Waals surface area contributed by atoms with Crippen LogP contribution in [0.5, 0.6) is 0 Å². The zero-order valence-corrected chi connectivity index (χ0v) is 8.23. The molecule has 0 aliphatic rings. The van der Waals surface area contributed by atoms with Crippen molar-refractivity contribution < 1.29 is 9.59 Å². The van der Waals surface area contributed by atoms with Crippen molar-refractivity contribution in [3.63, 3.8) is 0 Å². The SMILES string of the molecule is Cc1ccc2nccc(N)c2c1.O=C=O. The van der Waals surface area contributed by atoms with E-state index in [0.717, 1.165) is 16.6 Å². The van der Waals surface area contributed by atoms with Crippen LogP contribution in [-0.4, -0.2) is 11.1 Å². The molecule has 15 heavy (non-hydrogen) atoms. The van der Waals surface area contributed by atoms with Crippen LogP contribution in [0, 0.1) is 6.92 Å². The molecule has 0 bridgehead atoms. The molecule has 2 aromatic rings. The second kappa shape index (κ2) is 4.88. The number of fused-ring (bicyclic) bond motifs is 1. The van der Waals surface area contributed by atoms with Crippen LogP contribution >= 0.6 is 0 Å². The number of pyridine rings is 1. The Kier molecular flexibility index (Phi) is 3.55. The summed E-state index contributed by atoms with van der Waals surface area (Å²) < 4.78 is 0. The van der Waals surface area contributed by atoms with Crippen molar-refractivity contribution in [3.05, 3.63) is 36.0 Å². The van der Waals surface area contributed by atoms with Gasteiger partial charge in [0.1, 0.15) is 0 Å². The van der Waals surface area contributed by atoms with Crippen molar-refractivity contribution in [2.24, 2.45) is 0 Å². The number of anilines is 1. The van der Waals surface area contributed by atoms with Gasteiger partial charge in [0.15, 0.2) is 0 Å². The van der Waals surface area contributed by atoms with Gasteiger partial charge in [-0.05, 0) is 25.1 Å². The summed E-state index contributed by atoms with van der Waals surface area (Å²) in [6.07, 6.45) is 1.98. The summed E-state index contributed by atoms with van der Waals surface area (Å²) in [5.41, 5.74) is 8.75. The molecule has 0 spiro atoms. The minimum atomic E-state index is 0.250. The van der Waals surface area contributed by atoms with Gasteiger partial charge in [-0.1, -0.05) is 11.6 Å². The Labute approximate surface area is 86.7 Å². The molecular formula is C11H10N2O2. The zero-order valence-electron chi connectivity index (χ0n) is 8.23. The Morgan fingerprint density at radius 2 is 1.93 bits per heavy atom. The summed E-state index contributed by atoms with van der Waals surface area (Å²) in [6.45, 7) is 2.05. The number of carbonyl (C=O) groups excluding carboxylic acids is 2. The predicted molar refractivity (Wildman–Crippen MR) is 55.9 cm³/mol. The molecule has 0 saturated heterocycles. The lowest BCUT2D eigenvalue weighted by atomic mass is 10.1. The zero-order chi connectivity index (χ0) is 11.3. The molecule has 0 amide bonds. The lowest BCUT2D eigenvalue weighted by molar-refractivity contribution is -0.191. The van der Waals surface area contributed by atoms with Crippen molar-refractivity contribution >= 4 is 22.7 Å². The number of rotatable bonds is 0. The number of nitrogens with zero attached hydrogens (tertiary/aromatic N) is 1. The van der Waals surface area contributed by atoms with E-state index in [0.29, 0.717) is 0 Å². The van der Waals surface area contributed by atoms with E-state index in [-0.39, 0.29) is 6.15 Å². The summed E-state index contributed by atoms with van der Waals surface area (Å²) >= 11 is 0. The van der Waals surface area contributed by atoms with Crippen molar-refractivity contribution in [2.45, 2.75) is 6.92 Å². The average Bonchev–Trinajstić information content (AvgIpc) is 2.21. The van der Waals surface area contributed by atoms with E-state index in [9.17, 15) is 0 Å². The van der Waals surface area contributed by atoms with Crippen LogP contribution in [-0.2, 0) is 9.59 Å². The highest BCUT2D eigenvalue weighted by Crippen LogP contribution is 2.19. The quantitative estimate of drug-likeness (QED) is 0.703. The van der Waals surface area contributed by atoms with Crippen LogP contribution in [0.25, 0.3) is 10.9 Å². The number of nitrogens with two attached hydrogens (primary N) is 1. The average molecular weight is 202 g/mol. The predicted octanol–water partition coefficient (Wildman–Crippen LogP) is 1.54. The van der Waals surface area contributed by atoms with Crippen LogP contribution in [0.1, 0.15) is 5.56 Å². The van der Waals surface area contributed by atoms with Crippen molar-refractivity contribution in [3.8, 4) is 0 Å². The van der Waals surface area contributed by atoms with Gasteiger partial charge in [-0.2, -0.15) is 9.59 Å². The van der Waals surface area contributed by atoms with Crippen molar-refractivity contribution in [1.82, 2.24) is 4.98 Å². The molecule has 1 aromatic carbocycles. The molecule has 0 aliphatic carbocycles. The summed E-state index contributed by atoms with van der Waals surface area (Å²) in [6, 6.07) is 7.90. The van der Waals surface area contributed by atoms with E-state index in [2.05, 4.69) is 11.1 Å². The number of hydrogen-bond acceptors (Lipinski definition) is 4. The second-order valence-corrected chi connectivity index (χ2v) is 3.00. The topological polar surface area (TPSA) is 73.0 Å². The molecule has 0 atom stereocenters. The van der Waals surface area contributed by atoms with E-state index in [1.807, 2.05) is 25.1 Å². The maximum atomic E-state index is 8.12. The second-order valence-electron chi connectivity index (χ2n) is 3.00. The van der Waals surface area contributed by atoms with Crippen LogP contribution < -0.4 is 5.73 Å². The van der Waals surface area contributed by atoms with Gasteiger partial charge in [-0.3, -0.25) is 4.98 Å². The fourth-order valence-corrected chi connectivity index (χ4v) is 1.28. The molecule has 0 fully saturated rings. The Morgan fingerprint density at radius 3 is 2.60 bits per heavy atom. The van der Waals surface area contributed by atoms with E-state index in [1.54, 1.807) is 6.20 Å². The molecule has 2 N–H and O–H groups in total. The van der Waals surface area contributed by atoms with Gasteiger partial charge in [-0.15, -0.1) is 0 Å². The fraction of sp³-hybridized carbons (Fsp3) is 0.0909. The van der Waals surface area contributed by atoms with Crippen LogP contribution in [0.2, 0.25) is 0 Å². The Hall–Kier alpha value is -2.19. The number of aryl methyl sites for hydroxylation is 1. The van der Waals surface area contributed by atoms with Crippen molar-refractivity contribution in [2.75, 3.05) is 5.73 Å². The molecule has 76 valence electrons. The normalized spacial score (nSPS) is 8.87. The minimum Gasteiger partial charge on any atom is -0.398 e. The molecule has 0 saturated carbocycles. The molecule has 0 unspecified atom stereocenters. The van der Waals surface area contributed by atoms with Crippen molar-refractivity contribution in [1.29, 1.82) is 0 Å². The van der Waals surface area contributed by atoms with Crippen LogP contribution in [0.15, 0.2) is 30.5 Å². The van der Waals surface area contributed by atoms with Gasteiger partial charge >= 0.3 is 6.15 Å². The standard InChI is InChI=1S/C10H10N2.CO2/c1-7-2-3-10-8(6-7)9(11)4-5-12-10;2-1-3/h2-6H,1H3,(H2,11,12);.